The van der Waals surface area contributed by atoms with Crippen molar-refractivity contribution in [2.45, 2.75) is 19.8 Å². The van der Waals surface area contributed by atoms with Crippen molar-refractivity contribution in [2.75, 3.05) is 49.1 Å². The predicted molar refractivity (Wildman–Crippen MR) is 109 cm³/mol. The number of hydrogen-bond donors (Lipinski definition) is 0. The molecule has 4 rings (SSSR count). The lowest BCUT2D eigenvalue weighted by molar-refractivity contribution is -0.117. The van der Waals surface area contributed by atoms with Crippen LogP contribution in [-0.2, 0) is 4.79 Å². The quantitative estimate of drug-likeness (QED) is 0.836. The van der Waals surface area contributed by atoms with Crippen LogP contribution in [0, 0.1) is 12.8 Å². The first kappa shape index (κ1) is 18.0. The summed E-state index contributed by atoms with van der Waals surface area (Å²) in [7, 11) is 0. The molecule has 1 aromatic carbocycles. The Kier molecular flexibility index (Phi) is 5.39. The maximum Gasteiger partial charge on any atom is 0.227 e. The fourth-order valence-corrected chi connectivity index (χ4v) is 4.27. The third-order valence-corrected chi connectivity index (χ3v) is 5.62. The Balaban J connectivity index is 1.33. The van der Waals surface area contributed by atoms with Crippen LogP contribution in [0.25, 0.3) is 0 Å². The van der Waals surface area contributed by atoms with Gasteiger partial charge in [0.05, 0.1) is 0 Å². The first-order valence-electron chi connectivity index (χ1n) is 9.94. The molecule has 142 valence electrons. The third kappa shape index (κ3) is 4.30. The van der Waals surface area contributed by atoms with Crippen LogP contribution >= 0.6 is 0 Å². The van der Waals surface area contributed by atoms with Crippen molar-refractivity contribution in [1.29, 1.82) is 0 Å². The Labute approximate surface area is 161 Å². The van der Waals surface area contributed by atoms with Crippen LogP contribution in [0.1, 0.15) is 18.5 Å². The van der Waals surface area contributed by atoms with Crippen LogP contribution in [0.3, 0.4) is 0 Å². The molecule has 2 aromatic rings. The zero-order chi connectivity index (χ0) is 18.6. The van der Waals surface area contributed by atoms with Gasteiger partial charge < -0.3 is 14.7 Å². The van der Waals surface area contributed by atoms with Gasteiger partial charge in [-0.25, -0.2) is 0 Å². The van der Waals surface area contributed by atoms with Crippen LogP contribution in [-0.4, -0.2) is 55.1 Å². The lowest BCUT2D eigenvalue weighted by Gasteiger charge is -2.25. The fraction of sp³-hybridized carbons (Fsp3) is 0.455. The molecule has 0 bridgehead atoms. The van der Waals surface area contributed by atoms with Crippen LogP contribution in [0.5, 0.6) is 0 Å². The van der Waals surface area contributed by atoms with E-state index >= 15 is 0 Å². The zero-order valence-electron chi connectivity index (χ0n) is 16.1. The number of anilines is 2. The molecule has 0 aliphatic carbocycles. The number of pyridine rings is 1. The van der Waals surface area contributed by atoms with Crippen molar-refractivity contribution in [1.82, 2.24) is 9.88 Å². The molecular weight excluding hydrogens is 336 g/mol. The molecule has 0 spiro atoms. The molecule has 0 unspecified atom stereocenters. The molecule has 1 amide bonds. The number of carbonyl (C=O) groups excluding carboxylic acids is 1. The van der Waals surface area contributed by atoms with E-state index < -0.39 is 0 Å². The summed E-state index contributed by atoms with van der Waals surface area (Å²) >= 11 is 0. The maximum atomic E-state index is 12.5. The molecule has 0 radical (unpaired) electrons. The molecule has 1 atom stereocenters. The minimum absolute atomic E-state index is 0.259. The van der Waals surface area contributed by atoms with E-state index in [0.717, 1.165) is 57.1 Å². The van der Waals surface area contributed by atoms with Gasteiger partial charge in [0, 0.05) is 62.4 Å². The second-order valence-electron chi connectivity index (χ2n) is 7.71. The van der Waals surface area contributed by atoms with Gasteiger partial charge >= 0.3 is 0 Å². The molecule has 27 heavy (non-hydrogen) atoms. The normalized spacial score (nSPS) is 21.5. The minimum atomic E-state index is 0.259. The Morgan fingerprint density at radius 1 is 1.04 bits per heavy atom. The molecule has 0 saturated carbocycles. The molecule has 2 fully saturated rings. The molecule has 0 N–H and O–H groups in total. The Morgan fingerprint density at radius 3 is 2.70 bits per heavy atom. The van der Waals surface area contributed by atoms with Gasteiger partial charge in [-0.2, -0.15) is 0 Å². The van der Waals surface area contributed by atoms with Crippen molar-refractivity contribution < 1.29 is 4.79 Å². The first-order valence-corrected chi connectivity index (χ1v) is 9.94. The maximum absolute atomic E-state index is 12.5. The predicted octanol–water partition coefficient (Wildman–Crippen LogP) is 2.96. The summed E-state index contributed by atoms with van der Waals surface area (Å²) in [6.45, 7) is 8.17. The van der Waals surface area contributed by atoms with E-state index in [4.69, 9.17) is 0 Å². The molecular formula is C22H28N4O. The molecule has 5 heteroatoms. The van der Waals surface area contributed by atoms with Gasteiger partial charge in [0.15, 0.2) is 0 Å². The van der Waals surface area contributed by atoms with Gasteiger partial charge in [0.2, 0.25) is 5.91 Å². The molecule has 2 aliphatic rings. The standard InChI is InChI=1S/C22H28N4O/c1-18-14-21(8-9-23-18)25-11-5-10-24(12-13-25)16-19-15-22(27)26(17-19)20-6-3-2-4-7-20/h2-4,6-9,14,19H,5,10-13,15-17H2,1H3/t19-/m0/s1. The smallest absolute Gasteiger partial charge is 0.227 e. The Bertz CT molecular complexity index is 779. The SMILES string of the molecule is Cc1cc(N2CCCN(C[C@@H]3CC(=O)N(c4ccccc4)C3)CC2)ccn1. The third-order valence-electron chi connectivity index (χ3n) is 5.62. The average molecular weight is 364 g/mol. The highest BCUT2D eigenvalue weighted by Crippen LogP contribution is 2.26. The van der Waals surface area contributed by atoms with Crippen LogP contribution in [0.4, 0.5) is 11.4 Å². The minimum Gasteiger partial charge on any atom is -0.370 e. The Morgan fingerprint density at radius 2 is 1.89 bits per heavy atom. The number of benzene rings is 1. The summed E-state index contributed by atoms with van der Waals surface area (Å²) in [5.74, 6) is 0.683. The van der Waals surface area contributed by atoms with E-state index in [1.165, 1.54) is 5.69 Å². The monoisotopic (exact) mass is 364 g/mol. The van der Waals surface area contributed by atoms with Gasteiger partial charge in [-0.1, -0.05) is 18.2 Å². The summed E-state index contributed by atoms with van der Waals surface area (Å²) in [5, 5.41) is 0. The topological polar surface area (TPSA) is 39.7 Å². The van der Waals surface area contributed by atoms with Gasteiger partial charge in [-0.05, 0) is 50.1 Å². The van der Waals surface area contributed by atoms with Crippen molar-refractivity contribution in [2.24, 2.45) is 5.92 Å². The van der Waals surface area contributed by atoms with E-state index in [9.17, 15) is 4.79 Å². The second kappa shape index (κ2) is 8.09. The van der Waals surface area contributed by atoms with E-state index in [1.807, 2.05) is 48.4 Å². The number of amides is 1. The zero-order valence-corrected chi connectivity index (χ0v) is 16.1. The van der Waals surface area contributed by atoms with Crippen molar-refractivity contribution in [3.05, 3.63) is 54.4 Å². The largest absolute Gasteiger partial charge is 0.370 e. The average Bonchev–Trinajstić information content (AvgIpc) is 2.88. The van der Waals surface area contributed by atoms with E-state index in [2.05, 4.69) is 26.9 Å². The van der Waals surface area contributed by atoms with Crippen molar-refractivity contribution in [3.63, 3.8) is 0 Å². The first-order chi connectivity index (χ1) is 13.2. The van der Waals surface area contributed by atoms with Crippen LogP contribution < -0.4 is 9.80 Å². The van der Waals surface area contributed by atoms with E-state index in [-0.39, 0.29) is 5.91 Å². The van der Waals surface area contributed by atoms with Crippen molar-refractivity contribution >= 4 is 17.3 Å². The highest BCUT2D eigenvalue weighted by molar-refractivity contribution is 5.95. The number of rotatable bonds is 4. The molecule has 2 saturated heterocycles. The molecule has 1 aromatic heterocycles. The van der Waals surface area contributed by atoms with Crippen LogP contribution in [0.2, 0.25) is 0 Å². The second-order valence-corrected chi connectivity index (χ2v) is 7.71. The van der Waals surface area contributed by atoms with Crippen LogP contribution in [0.15, 0.2) is 48.7 Å². The van der Waals surface area contributed by atoms with Gasteiger partial charge in [0.25, 0.3) is 0 Å². The number of aromatic nitrogens is 1. The summed E-state index contributed by atoms with van der Waals surface area (Å²) in [6, 6.07) is 14.3. The van der Waals surface area contributed by atoms with Crippen molar-refractivity contribution in [3.8, 4) is 0 Å². The summed E-state index contributed by atoms with van der Waals surface area (Å²) in [6.07, 6.45) is 3.72. The highest BCUT2D eigenvalue weighted by atomic mass is 16.2. The van der Waals surface area contributed by atoms with E-state index in [1.54, 1.807) is 0 Å². The number of nitrogens with zero attached hydrogens (tertiary/aromatic N) is 4. The lowest BCUT2D eigenvalue weighted by Crippen LogP contribution is -2.35. The number of hydrogen-bond acceptors (Lipinski definition) is 4. The van der Waals surface area contributed by atoms with Gasteiger partial charge in [0.1, 0.15) is 0 Å². The number of para-hydroxylation sites is 1. The summed E-state index contributed by atoms with van der Waals surface area (Å²) in [4.78, 5) is 23.7. The lowest BCUT2D eigenvalue weighted by atomic mass is 10.1. The number of aryl methyl sites for hydroxylation is 1. The van der Waals surface area contributed by atoms with Gasteiger partial charge in [-0.3, -0.25) is 9.78 Å². The molecule has 5 nitrogen and oxygen atoms in total. The highest BCUT2D eigenvalue weighted by Gasteiger charge is 2.32. The molecule has 3 heterocycles. The summed E-state index contributed by atoms with van der Waals surface area (Å²) in [5.41, 5.74) is 3.37. The van der Waals surface area contributed by atoms with Gasteiger partial charge in [-0.15, -0.1) is 0 Å². The number of carbonyl (C=O) groups is 1. The Hall–Kier alpha value is -2.40. The van der Waals surface area contributed by atoms with E-state index in [0.29, 0.717) is 12.3 Å². The fourth-order valence-electron chi connectivity index (χ4n) is 4.27. The summed E-state index contributed by atoms with van der Waals surface area (Å²) < 4.78 is 0. The molecule has 2 aliphatic heterocycles.